The van der Waals surface area contributed by atoms with Crippen LogP contribution in [0, 0.1) is 13.8 Å². The van der Waals surface area contributed by atoms with Crippen molar-refractivity contribution >= 4 is 11.8 Å². The van der Waals surface area contributed by atoms with E-state index >= 15 is 0 Å². The first kappa shape index (κ1) is 12.5. The summed E-state index contributed by atoms with van der Waals surface area (Å²) in [6, 6.07) is 0. The standard InChI is InChI=1S/C13H15N3O2S/c1-7-10(8(2)18-16-7)6-19-13-14-11-5-3-4-9(11)12(17)15-13/h3-6H2,1-2H3,(H,14,15,17). The van der Waals surface area contributed by atoms with Gasteiger partial charge in [-0.25, -0.2) is 4.98 Å². The SMILES string of the molecule is Cc1noc(C)c1CSc1nc2c(c(=O)[nH]1)CCC2. The summed E-state index contributed by atoms with van der Waals surface area (Å²) >= 11 is 1.52. The maximum absolute atomic E-state index is 11.9. The fourth-order valence-corrected chi connectivity index (χ4v) is 3.37. The molecule has 2 aromatic heterocycles. The Bertz CT molecular complexity index is 656. The Kier molecular flexibility index (Phi) is 3.18. The van der Waals surface area contributed by atoms with E-state index in [1.54, 1.807) is 0 Å². The Balaban J connectivity index is 1.81. The third-order valence-electron chi connectivity index (χ3n) is 3.45. The second-order valence-electron chi connectivity index (χ2n) is 4.74. The van der Waals surface area contributed by atoms with Crippen molar-refractivity contribution in [1.82, 2.24) is 15.1 Å². The zero-order valence-corrected chi connectivity index (χ0v) is 11.8. The average molecular weight is 277 g/mol. The van der Waals surface area contributed by atoms with Crippen molar-refractivity contribution in [2.75, 3.05) is 0 Å². The fourth-order valence-electron chi connectivity index (χ4n) is 2.34. The van der Waals surface area contributed by atoms with E-state index in [-0.39, 0.29) is 5.56 Å². The number of aromatic nitrogens is 3. The predicted octanol–water partition coefficient (Wildman–Crippen LogP) is 2.16. The molecule has 0 saturated carbocycles. The average Bonchev–Trinajstić information content (AvgIpc) is 2.96. The number of nitrogens with one attached hydrogen (secondary N) is 1. The Morgan fingerprint density at radius 1 is 1.37 bits per heavy atom. The van der Waals surface area contributed by atoms with Gasteiger partial charge in [0, 0.05) is 16.9 Å². The van der Waals surface area contributed by atoms with Gasteiger partial charge >= 0.3 is 0 Å². The van der Waals surface area contributed by atoms with E-state index in [0.717, 1.165) is 47.5 Å². The van der Waals surface area contributed by atoms with Crippen LogP contribution < -0.4 is 5.56 Å². The van der Waals surface area contributed by atoms with Crippen LogP contribution in [0.1, 0.15) is 34.7 Å². The van der Waals surface area contributed by atoms with Crippen LogP contribution >= 0.6 is 11.8 Å². The molecule has 19 heavy (non-hydrogen) atoms. The number of nitrogens with zero attached hydrogens (tertiary/aromatic N) is 2. The summed E-state index contributed by atoms with van der Waals surface area (Å²) in [6.07, 6.45) is 2.80. The first-order chi connectivity index (χ1) is 9.15. The Labute approximate surface area is 114 Å². The molecule has 100 valence electrons. The fraction of sp³-hybridized carbons (Fsp3) is 0.462. The van der Waals surface area contributed by atoms with E-state index in [0.29, 0.717) is 10.9 Å². The zero-order chi connectivity index (χ0) is 13.4. The molecule has 0 aliphatic heterocycles. The van der Waals surface area contributed by atoms with Crippen LogP contribution in [-0.4, -0.2) is 15.1 Å². The summed E-state index contributed by atoms with van der Waals surface area (Å²) in [7, 11) is 0. The second kappa shape index (κ2) is 4.85. The Morgan fingerprint density at radius 2 is 2.21 bits per heavy atom. The quantitative estimate of drug-likeness (QED) is 0.687. The molecule has 0 unspecified atom stereocenters. The number of aromatic amines is 1. The molecule has 1 aliphatic rings. The highest BCUT2D eigenvalue weighted by atomic mass is 32.2. The summed E-state index contributed by atoms with van der Waals surface area (Å²) < 4.78 is 5.13. The van der Waals surface area contributed by atoms with Crippen molar-refractivity contribution in [1.29, 1.82) is 0 Å². The highest BCUT2D eigenvalue weighted by Gasteiger charge is 2.17. The highest BCUT2D eigenvalue weighted by Crippen LogP contribution is 2.25. The van der Waals surface area contributed by atoms with Crippen molar-refractivity contribution in [3.63, 3.8) is 0 Å². The summed E-state index contributed by atoms with van der Waals surface area (Å²) in [6.45, 7) is 3.82. The summed E-state index contributed by atoms with van der Waals surface area (Å²) in [5.74, 6) is 1.54. The highest BCUT2D eigenvalue weighted by molar-refractivity contribution is 7.98. The molecule has 6 heteroatoms. The molecule has 5 nitrogen and oxygen atoms in total. The molecule has 3 rings (SSSR count). The van der Waals surface area contributed by atoms with E-state index in [4.69, 9.17) is 4.52 Å². The van der Waals surface area contributed by atoms with E-state index in [1.165, 1.54) is 11.8 Å². The van der Waals surface area contributed by atoms with Gasteiger partial charge in [0.2, 0.25) is 0 Å². The van der Waals surface area contributed by atoms with Crippen molar-refractivity contribution in [3.8, 4) is 0 Å². The van der Waals surface area contributed by atoms with Crippen LogP contribution in [0.15, 0.2) is 14.5 Å². The lowest BCUT2D eigenvalue weighted by atomic mass is 10.2. The number of aryl methyl sites for hydroxylation is 3. The number of fused-ring (bicyclic) bond motifs is 1. The molecular formula is C13H15N3O2S. The van der Waals surface area contributed by atoms with Crippen molar-refractivity contribution < 1.29 is 4.52 Å². The van der Waals surface area contributed by atoms with Crippen molar-refractivity contribution in [2.45, 2.75) is 44.0 Å². The van der Waals surface area contributed by atoms with Gasteiger partial charge in [-0.05, 0) is 33.1 Å². The van der Waals surface area contributed by atoms with Gasteiger partial charge < -0.3 is 9.51 Å². The Morgan fingerprint density at radius 3 is 2.95 bits per heavy atom. The lowest BCUT2D eigenvalue weighted by Crippen LogP contribution is -2.14. The first-order valence-electron chi connectivity index (χ1n) is 6.32. The second-order valence-corrected chi connectivity index (χ2v) is 5.71. The molecule has 0 amide bonds. The molecule has 0 spiro atoms. The lowest BCUT2D eigenvalue weighted by Gasteiger charge is -2.03. The van der Waals surface area contributed by atoms with E-state index in [1.807, 2.05) is 13.8 Å². The third-order valence-corrected chi connectivity index (χ3v) is 4.35. The molecule has 0 aromatic carbocycles. The summed E-state index contributed by atoms with van der Waals surface area (Å²) in [4.78, 5) is 19.3. The normalized spacial score (nSPS) is 13.8. The number of H-pyrrole nitrogens is 1. The van der Waals surface area contributed by atoms with E-state index < -0.39 is 0 Å². The van der Waals surface area contributed by atoms with Gasteiger partial charge in [-0.15, -0.1) is 0 Å². The van der Waals surface area contributed by atoms with Gasteiger partial charge in [-0.1, -0.05) is 16.9 Å². The molecule has 2 aromatic rings. The number of thioether (sulfide) groups is 1. The van der Waals surface area contributed by atoms with Crippen LogP contribution in [0.5, 0.6) is 0 Å². The largest absolute Gasteiger partial charge is 0.361 e. The molecule has 1 aliphatic carbocycles. The van der Waals surface area contributed by atoms with Gasteiger partial charge in [-0.2, -0.15) is 0 Å². The maximum atomic E-state index is 11.9. The first-order valence-corrected chi connectivity index (χ1v) is 7.30. The topological polar surface area (TPSA) is 71.8 Å². The lowest BCUT2D eigenvalue weighted by molar-refractivity contribution is 0.392. The van der Waals surface area contributed by atoms with E-state index in [2.05, 4.69) is 15.1 Å². The number of hydrogen-bond donors (Lipinski definition) is 1. The van der Waals surface area contributed by atoms with Crippen LogP contribution in [0.3, 0.4) is 0 Å². The molecule has 0 atom stereocenters. The minimum Gasteiger partial charge on any atom is -0.361 e. The van der Waals surface area contributed by atoms with Gasteiger partial charge in [0.15, 0.2) is 5.16 Å². The molecular weight excluding hydrogens is 262 g/mol. The van der Waals surface area contributed by atoms with Crippen LogP contribution in [0.2, 0.25) is 0 Å². The van der Waals surface area contributed by atoms with Crippen LogP contribution in [0.4, 0.5) is 0 Å². The van der Waals surface area contributed by atoms with Crippen molar-refractivity contribution in [2.24, 2.45) is 0 Å². The summed E-state index contributed by atoms with van der Waals surface area (Å²) in [5, 5.41) is 4.61. The van der Waals surface area contributed by atoms with Gasteiger partial charge in [0.05, 0.1) is 11.4 Å². The number of rotatable bonds is 3. The molecule has 1 N–H and O–H groups in total. The van der Waals surface area contributed by atoms with Gasteiger partial charge in [-0.3, -0.25) is 4.79 Å². The number of hydrogen-bond acceptors (Lipinski definition) is 5. The van der Waals surface area contributed by atoms with Crippen LogP contribution in [-0.2, 0) is 18.6 Å². The van der Waals surface area contributed by atoms with Crippen LogP contribution in [0.25, 0.3) is 0 Å². The van der Waals surface area contributed by atoms with Gasteiger partial charge in [0.1, 0.15) is 5.76 Å². The minimum atomic E-state index is 0.0174. The maximum Gasteiger partial charge on any atom is 0.254 e. The molecule has 0 fully saturated rings. The summed E-state index contributed by atoms with van der Waals surface area (Å²) in [5.41, 5.74) is 3.82. The molecule has 0 bridgehead atoms. The molecule has 2 heterocycles. The molecule has 0 saturated heterocycles. The van der Waals surface area contributed by atoms with Crippen molar-refractivity contribution in [3.05, 3.63) is 38.6 Å². The van der Waals surface area contributed by atoms with Gasteiger partial charge in [0.25, 0.3) is 5.56 Å². The molecule has 0 radical (unpaired) electrons. The zero-order valence-electron chi connectivity index (χ0n) is 10.9. The van der Waals surface area contributed by atoms with E-state index in [9.17, 15) is 4.79 Å². The minimum absolute atomic E-state index is 0.0174. The third kappa shape index (κ3) is 2.32. The smallest absolute Gasteiger partial charge is 0.254 e. The predicted molar refractivity (Wildman–Crippen MR) is 72.4 cm³/mol. The monoisotopic (exact) mass is 277 g/mol. The Hall–Kier alpha value is -1.56.